The summed E-state index contributed by atoms with van der Waals surface area (Å²) in [6.45, 7) is 1.68. The fourth-order valence-electron chi connectivity index (χ4n) is 2.89. The van der Waals surface area contributed by atoms with Crippen LogP contribution in [0, 0.1) is 0 Å². The molecule has 104 valence electrons. The van der Waals surface area contributed by atoms with Crippen molar-refractivity contribution in [3.8, 4) is 0 Å². The molecule has 0 spiro atoms. The average Bonchev–Trinajstić information content (AvgIpc) is 2.49. The maximum absolute atomic E-state index is 11.3. The zero-order chi connectivity index (χ0) is 14.2. The molecule has 1 saturated heterocycles. The van der Waals surface area contributed by atoms with Gasteiger partial charge in [-0.1, -0.05) is 33.7 Å². The zero-order valence-corrected chi connectivity index (χ0v) is 12.4. The minimum Gasteiger partial charge on any atom is -0.385 e. The van der Waals surface area contributed by atoms with E-state index in [1.807, 2.05) is 36.4 Å². The van der Waals surface area contributed by atoms with E-state index in [1.165, 1.54) is 0 Å². The van der Waals surface area contributed by atoms with Gasteiger partial charge in [0.05, 0.1) is 5.60 Å². The molecule has 1 unspecified atom stereocenters. The summed E-state index contributed by atoms with van der Waals surface area (Å²) in [6.07, 6.45) is 2.25. The standard InChI is InChI=1S/C16H18NO2P/c18-11-13-10-14(9-12-3-1-2-4-15(12)13)16(19)5-7-17(20)8-6-16/h1-4,9-11,19H,5-8,20H2. The number of aldehydes is 1. The lowest BCUT2D eigenvalue weighted by atomic mass is 9.83. The van der Waals surface area contributed by atoms with Crippen molar-refractivity contribution in [3.63, 3.8) is 0 Å². The van der Waals surface area contributed by atoms with Gasteiger partial charge in [0.25, 0.3) is 0 Å². The molecule has 1 atom stereocenters. The molecule has 1 fully saturated rings. The van der Waals surface area contributed by atoms with E-state index >= 15 is 0 Å². The molecule has 0 bridgehead atoms. The molecule has 2 aromatic carbocycles. The first-order chi connectivity index (χ1) is 9.62. The highest BCUT2D eigenvalue weighted by atomic mass is 31.0. The fourth-order valence-corrected chi connectivity index (χ4v) is 3.15. The first-order valence-corrected chi connectivity index (χ1v) is 7.34. The summed E-state index contributed by atoms with van der Waals surface area (Å²) in [4.78, 5) is 11.3. The first kappa shape index (κ1) is 13.7. The second kappa shape index (κ2) is 5.25. The first-order valence-electron chi connectivity index (χ1n) is 6.83. The third-order valence-corrected chi connectivity index (χ3v) is 4.70. The minimum absolute atomic E-state index is 0.653. The zero-order valence-electron chi connectivity index (χ0n) is 11.2. The molecule has 1 heterocycles. The van der Waals surface area contributed by atoms with Crippen molar-refractivity contribution in [2.75, 3.05) is 13.1 Å². The normalized spacial score (nSPS) is 19.1. The summed E-state index contributed by atoms with van der Waals surface area (Å²) < 4.78 is 2.14. The molecule has 1 aliphatic heterocycles. The number of carbonyl (C=O) groups excluding carboxylic acids is 1. The highest BCUT2D eigenvalue weighted by molar-refractivity contribution is 7.13. The van der Waals surface area contributed by atoms with Gasteiger partial charge < -0.3 is 5.11 Å². The van der Waals surface area contributed by atoms with Crippen molar-refractivity contribution in [3.05, 3.63) is 47.5 Å². The monoisotopic (exact) mass is 287 g/mol. The largest absolute Gasteiger partial charge is 0.385 e. The van der Waals surface area contributed by atoms with Gasteiger partial charge in [-0.2, -0.15) is 0 Å². The van der Waals surface area contributed by atoms with Crippen molar-refractivity contribution >= 4 is 26.4 Å². The molecule has 0 amide bonds. The molecule has 4 heteroatoms. The summed E-state index contributed by atoms with van der Waals surface area (Å²) in [5, 5.41) is 12.8. The number of rotatable bonds is 2. The van der Waals surface area contributed by atoms with Gasteiger partial charge in [0, 0.05) is 18.7 Å². The van der Waals surface area contributed by atoms with Gasteiger partial charge in [-0.25, -0.2) is 0 Å². The second-order valence-corrected chi connectivity index (χ2v) is 6.20. The van der Waals surface area contributed by atoms with Crippen LogP contribution in [0.5, 0.6) is 0 Å². The maximum Gasteiger partial charge on any atom is 0.150 e. The van der Waals surface area contributed by atoms with E-state index in [1.54, 1.807) is 0 Å². The highest BCUT2D eigenvalue weighted by Gasteiger charge is 2.33. The number of piperidine rings is 1. The van der Waals surface area contributed by atoms with Crippen molar-refractivity contribution in [2.24, 2.45) is 0 Å². The van der Waals surface area contributed by atoms with Crippen molar-refractivity contribution < 1.29 is 9.90 Å². The molecule has 0 radical (unpaired) electrons. The van der Waals surface area contributed by atoms with Gasteiger partial charge in [-0.15, -0.1) is 0 Å². The van der Waals surface area contributed by atoms with E-state index in [9.17, 15) is 9.90 Å². The molecule has 2 aromatic rings. The highest BCUT2D eigenvalue weighted by Crippen LogP contribution is 2.36. The van der Waals surface area contributed by atoms with E-state index in [-0.39, 0.29) is 0 Å². The summed E-state index contributed by atoms with van der Waals surface area (Å²) >= 11 is 0. The summed E-state index contributed by atoms with van der Waals surface area (Å²) in [6, 6.07) is 11.7. The third-order valence-electron chi connectivity index (χ3n) is 4.18. The van der Waals surface area contributed by atoms with Gasteiger partial charge in [0.2, 0.25) is 0 Å². The molecular weight excluding hydrogens is 269 g/mol. The second-order valence-electron chi connectivity index (χ2n) is 5.47. The van der Waals surface area contributed by atoms with Crippen LogP contribution >= 0.6 is 9.39 Å². The summed E-state index contributed by atoms with van der Waals surface area (Å²) in [5.41, 5.74) is 0.686. The molecule has 3 nitrogen and oxygen atoms in total. The number of nitrogens with zero attached hydrogens (tertiary/aromatic N) is 1. The van der Waals surface area contributed by atoms with Crippen LogP contribution in [0.15, 0.2) is 36.4 Å². The molecular formula is C16H18NO2P. The van der Waals surface area contributed by atoms with Crippen LogP contribution in [0.3, 0.4) is 0 Å². The Morgan fingerprint density at radius 2 is 1.90 bits per heavy atom. The van der Waals surface area contributed by atoms with Gasteiger partial charge in [0.1, 0.15) is 0 Å². The lowest BCUT2D eigenvalue weighted by Gasteiger charge is -2.37. The number of benzene rings is 2. The fraction of sp³-hybridized carbons (Fsp3) is 0.312. The molecule has 0 aromatic heterocycles. The topological polar surface area (TPSA) is 40.5 Å². The van der Waals surface area contributed by atoms with Crippen LogP contribution in [0.4, 0.5) is 0 Å². The van der Waals surface area contributed by atoms with Crippen LogP contribution in [-0.2, 0) is 5.60 Å². The Labute approximate surface area is 120 Å². The smallest absolute Gasteiger partial charge is 0.150 e. The predicted molar refractivity (Wildman–Crippen MR) is 83.7 cm³/mol. The van der Waals surface area contributed by atoms with E-state index in [0.717, 1.165) is 35.7 Å². The number of carbonyl (C=O) groups is 1. The average molecular weight is 287 g/mol. The van der Waals surface area contributed by atoms with Crippen molar-refractivity contribution in [1.29, 1.82) is 0 Å². The van der Waals surface area contributed by atoms with Gasteiger partial charge >= 0.3 is 0 Å². The van der Waals surface area contributed by atoms with Crippen LogP contribution < -0.4 is 0 Å². The van der Waals surface area contributed by atoms with Gasteiger partial charge in [-0.05, 0) is 41.3 Å². The number of fused-ring (bicyclic) bond motifs is 1. The summed E-state index contributed by atoms with van der Waals surface area (Å²) in [5.74, 6) is 0. The van der Waals surface area contributed by atoms with Gasteiger partial charge in [0.15, 0.2) is 6.29 Å². The molecule has 3 rings (SSSR count). The van der Waals surface area contributed by atoms with E-state index in [2.05, 4.69) is 14.1 Å². The molecule has 0 aliphatic carbocycles. The van der Waals surface area contributed by atoms with E-state index < -0.39 is 5.60 Å². The van der Waals surface area contributed by atoms with Crippen molar-refractivity contribution in [1.82, 2.24) is 4.67 Å². The molecule has 0 saturated carbocycles. The quantitative estimate of drug-likeness (QED) is 0.682. The Balaban J connectivity index is 2.10. The lowest BCUT2D eigenvalue weighted by molar-refractivity contribution is -0.00815. The third kappa shape index (κ3) is 2.37. The Morgan fingerprint density at radius 3 is 2.60 bits per heavy atom. The summed E-state index contributed by atoms with van der Waals surface area (Å²) in [7, 11) is 2.68. The number of hydrogen-bond acceptors (Lipinski definition) is 3. The number of aliphatic hydroxyl groups is 1. The Hall–Kier alpha value is -1.28. The SMILES string of the molecule is O=Cc1cc(C2(O)CCN(P)CC2)cc2ccccc12. The van der Waals surface area contributed by atoms with Crippen LogP contribution in [0.2, 0.25) is 0 Å². The Bertz CT molecular complexity index is 648. The molecule has 1 N–H and O–H groups in total. The van der Waals surface area contributed by atoms with Crippen LogP contribution in [0.1, 0.15) is 28.8 Å². The van der Waals surface area contributed by atoms with E-state index in [4.69, 9.17) is 0 Å². The molecule has 1 aliphatic rings. The number of hydrogen-bond donors (Lipinski definition) is 1. The van der Waals surface area contributed by atoms with Gasteiger partial charge in [-0.3, -0.25) is 9.46 Å². The Kier molecular flexibility index (Phi) is 3.59. The minimum atomic E-state index is -0.825. The van der Waals surface area contributed by atoms with Crippen LogP contribution in [0.25, 0.3) is 10.8 Å². The maximum atomic E-state index is 11.3. The van der Waals surface area contributed by atoms with Crippen molar-refractivity contribution in [2.45, 2.75) is 18.4 Å². The lowest BCUT2D eigenvalue weighted by Crippen LogP contribution is -2.38. The van der Waals surface area contributed by atoms with E-state index in [0.29, 0.717) is 18.4 Å². The van der Waals surface area contributed by atoms with Crippen LogP contribution in [-0.4, -0.2) is 29.2 Å². The Morgan fingerprint density at radius 1 is 1.20 bits per heavy atom. The molecule has 20 heavy (non-hydrogen) atoms. The predicted octanol–water partition coefficient (Wildman–Crippen LogP) is 2.73.